The van der Waals surface area contributed by atoms with Gasteiger partial charge in [-0.2, -0.15) is 0 Å². The Labute approximate surface area is 230 Å². The Kier molecular flexibility index (Phi) is 4.33. The molecule has 9 rings (SSSR count). The van der Waals surface area contributed by atoms with Crippen LogP contribution in [0.4, 0.5) is 0 Å². The standard InChI is InChI=1S/C37H23N3/c1-2-10-25(11-3-1)39-32-14-6-4-12-29(32)36-27-18-20-35-37(28(27)17-19-34(36)39)30-13-5-7-15-33(30)40(35)31-16-8-9-24-23-38-22-21-26(24)31/h1-23H. The molecule has 40 heavy (non-hydrogen) atoms. The van der Waals surface area contributed by atoms with Gasteiger partial charge >= 0.3 is 0 Å². The van der Waals surface area contributed by atoms with Gasteiger partial charge in [0.05, 0.1) is 27.8 Å². The van der Waals surface area contributed by atoms with Gasteiger partial charge in [0.1, 0.15) is 0 Å². The first kappa shape index (κ1) is 21.5. The van der Waals surface area contributed by atoms with Gasteiger partial charge in [-0.3, -0.25) is 4.98 Å². The second-order valence-corrected chi connectivity index (χ2v) is 10.4. The second-order valence-electron chi connectivity index (χ2n) is 10.4. The van der Waals surface area contributed by atoms with E-state index in [2.05, 4.69) is 142 Å². The fourth-order valence-electron chi connectivity index (χ4n) is 6.76. The third-order valence-electron chi connectivity index (χ3n) is 8.38. The number of hydrogen-bond donors (Lipinski definition) is 0. The van der Waals surface area contributed by atoms with Crippen LogP contribution < -0.4 is 0 Å². The largest absolute Gasteiger partial charge is 0.309 e. The van der Waals surface area contributed by atoms with Gasteiger partial charge in [0.15, 0.2) is 0 Å². The summed E-state index contributed by atoms with van der Waals surface area (Å²) in [6, 6.07) is 46.1. The molecule has 0 saturated heterocycles. The van der Waals surface area contributed by atoms with Crippen molar-refractivity contribution in [2.75, 3.05) is 0 Å². The smallest absolute Gasteiger partial charge is 0.0547 e. The number of rotatable bonds is 2. The summed E-state index contributed by atoms with van der Waals surface area (Å²) in [5, 5.41) is 10.0. The Bertz CT molecular complexity index is 2420. The van der Waals surface area contributed by atoms with Gasteiger partial charge in [0.25, 0.3) is 0 Å². The summed E-state index contributed by atoms with van der Waals surface area (Å²) in [7, 11) is 0. The van der Waals surface area contributed by atoms with Crippen LogP contribution in [0.25, 0.3) is 76.5 Å². The first-order valence-electron chi connectivity index (χ1n) is 13.6. The molecule has 0 bridgehead atoms. The molecule has 0 aliphatic carbocycles. The first-order chi connectivity index (χ1) is 19.9. The maximum Gasteiger partial charge on any atom is 0.0547 e. The molecule has 0 aliphatic rings. The van der Waals surface area contributed by atoms with Gasteiger partial charge in [0, 0.05) is 50.4 Å². The summed E-state index contributed by atoms with van der Waals surface area (Å²) in [5.74, 6) is 0. The Morgan fingerprint density at radius 1 is 0.400 bits per heavy atom. The molecule has 3 heterocycles. The highest BCUT2D eigenvalue weighted by atomic mass is 15.0. The van der Waals surface area contributed by atoms with Gasteiger partial charge in [0.2, 0.25) is 0 Å². The van der Waals surface area contributed by atoms with Gasteiger partial charge in [-0.15, -0.1) is 0 Å². The Hall–Kier alpha value is -5.41. The number of para-hydroxylation sites is 3. The zero-order valence-electron chi connectivity index (χ0n) is 21.6. The molecule has 0 fully saturated rings. The van der Waals surface area contributed by atoms with E-state index in [4.69, 9.17) is 0 Å². The van der Waals surface area contributed by atoms with Crippen molar-refractivity contribution in [1.29, 1.82) is 0 Å². The summed E-state index contributed by atoms with van der Waals surface area (Å²) in [6.45, 7) is 0. The minimum atomic E-state index is 1.14. The lowest BCUT2D eigenvalue weighted by Gasteiger charge is -2.12. The highest BCUT2D eigenvalue weighted by Gasteiger charge is 2.19. The Balaban J connectivity index is 1.46. The summed E-state index contributed by atoms with van der Waals surface area (Å²) in [5.41, 5.74) is 7.22. The van der Waals surface area contributed by atoms with E-state index >= 15 is 0 Å². The molecular weight excluding hydrogens is 486 g/mol. The molecule has 9 aromatic rings. The maximum absolute atomic E-state index is 4.37. The van der Waals surface area contributed by atoms with Crippen molar-refractivity contribution in [2.24, 2.45) is 0 Å². The zero-order chi connectivity index (χ0) is 26.2. The van der Waals surface area contributed by atoms with E-state index in [0.717, 1.165) is 5.39 Å². The van der Waals surface area contributed by atoms with Crippen LogP contribution in [0.5, 0.6) is 0 Å². The van der Waals surface area contributed by atoms with Crippen molar-refractivity contribution < 1.29 is 0 Å². The number of pyridine rings is 1. The molecule has 0 unspecified atom stereocenters. The van der Waals surface area contributed by atoms with Gasteiger partial charge in [-0.1, -0.05) is 78.9 Å². The molecule has 3 aromatic heterocycles. The molecule has 0 aliphatic heterocycles. The Morgan fingerprint density at radius 3 is 1.75 bits per heavy atom. The predicted octanol–water partition coefficient (Wildman–Crippen LogP) is 9.58. The number of fused-ring (bicyclic) bond motifs is 10. The van der Waals surface area contributed by atoms with E-state index in [1.54, 1.807) is 0 Å². The van der Waals surface area contributed by atoms with E-state index in [1.807, 2.05) is 12.4 Å². The molecule has 0 atom stereocenters. The minimum absolute atomic E-state index is 1.14. The van der Waals surface area contributed by atoms with Gasteiger partial charge < -0.3 is 9.13 Å². The van der Waals surface area contributed by atoms with Crippen LogP contribution in [0, 0.1) is 0 Å². The third kappa shape index (κ3) is 2.81. The molecule has 0 N–H and O–H groups in total. The van der Waals surface area contributed by atoms with Crippen molar-refractivity contribution >= 4 is 65.2 Å². The van der Waals surface area contributed by atoms with Crippen molar-refractivity contribution in [1.82, 2.24) is 14.1 Å². The molecule has 6 aromatic carbocycles. The second kappa shape index (κ2) is 8.05. The van der Waals surface area contributed by atoms with Crippen LogP contribution in [0.1, 0.15) is 0 Å². The molecule has 0 amide bonds. The van der Waals surface area contributed by atoms with Crippen LogP contribution >= 0.6 is 0 Å². The van der Waals surface area contributed by atoms with Crippen molar-refractivity contribution in [2.45, 2.75) is 0 Å². The van der Waals surface area contributed by atoms with Crippen molar-refractivity contribution in [3.05, 3.63) is 140 Å². The fraction of sp³-hybridized carbons (Fsp3) is 0. The Morgan fingerprint density at radius 2 is 1.02 bits per heavy atom. The monoisotopic (exact) mass is 509 g/mol. The molecule has 3 nitrogen and oxygen atoms in total. The van der Waals surface area contributed by atoms with Crippen LogP contribution in [0.2, 0.25) is 0 Å². The molecule has 3 heteroatoms. The van der Waals surface area contributed by atoms with E-state index < -0.39 is 0 Å². The predicted molar refractivity (Wildman–Crippen MR) is 168 cm³/mol. The van der Waals surface area contributed by atoms with E-state index in [1.165, 1.54) is 71.1 Å². The number of hydrogen-bond acceptors (Lipinski definition) is 1. The molecule has 0 spiro atoms. The molecule has 0 radical (unpaired) electrons. The lowest BCUT2D eigenvalue weighted by Crippen LogP contribution is -1.95. The van der Waals surface area contributed by atoms with Crippen molar-refractivity contribution in [3.8, 4) is 11.4 Å². The number of aromatic nitrogens is 3. The third-order valence-corrected chi connectivity index (χ3v) is 8.38. The fourth-order valence-corrected chi connectivity index (χ4v) is 6.76. The SMILES string of the molecule is c1ccc(-n2c3ccccc3c3c4ccc5c(c4ccc32)c2ccccc2n5-c2cccc3cnccc23)cc1. The van der Waals surface area contributed by atoms with Crippen LogP contribution in [-0.4, -0.2) is 14.1 Å². The van der Waals surface area contributed by atoms with E-state index in [-0.39, 0.29) is 0 Å². The number of nitrogens with zero attached hydrogens (tertiary/aromatic N) is 3. The highest BCUT2D eigenvalue weighted by molar-refractivity contribution is 6.29. The van der Waals surface area contributed by atoms with Gasteiger partial charge in [-0.05, 0) is 59.3 Å². The van der Waals surface area contributed by atoms with Crippen LogP contribution in [-0.2, 0) is 0 Å². The van der Waals surface area contributed by atoms with E-state index in [9.17, 15) is 0 Å². The quantitative estimate of drug-likeness (QED) is 0.227. The topological polar surface area (TPSA) is 22.8 Å². The van der Waals surface area contributed by atoms with Crippen LogP contribution in [0.3, 0.4) is 0 Å². The van der Waals surface area contributed by atoms with Gasteiger partial charge in [-0.25, -0.2) is 0 Å². The zero-order valence-corrected chi connectivity index (χ0v) is 21.6. The minimum Gasteiger partial charge on any atom is -0.309 e. The lowest BCUT2D eigenvalue weighted by molar-refractivity contribution is 1.18. The van der Waals surface area contributed by atoms with E-state index in [0.29, 0.717) is 0 Å². The maximum atomic E-state index is 4.37. The molecular formula is C37H23N3. The first-order valence-corrected chi connectivity index (χ1v) is 13.6. The average Bonchev–Trinajstić information content (AvgIpc) is 3.54. The lowest BCUT2D eigenvalue weighted by atomic mass is 9.99. The number of benzene rings is 6. The average molecular weight is 510 g/mol. The normalized spacial score (nSPS) is 12.0. The highest BCUT2D eigenvalue weighted by Crippen LogP contribution is 2.42. The summed E-state index contributed by atoms with van der Waals surface area (Å²) in [4.78, 5) is 4.37. The summed E-state index contributed by atoms with van der Waals surface area (Å²) >= 11 is 0. The van der Waals surface area contributed by atoms with Crippen molar-refractivity contribution in [3.63, 3.8) is 0 Å². The molecule has 186 valence electrons. The summed E-state index contributed by atoms with van der Waals surface area (Å²) < 4.78 is 4.81. The van der Waals surface area contributed by atoms with Crippen LogP contribution in [0.15, 0.2) is 140 Å². The molecule has 0 saturated carbocycles. The summed E-state index contributed by atoms with van der Waals surface area (Å²) in [6.07, 6.45) is 3.83.